The van der Waals surface area contributed by atoms with E-state index in [1.165, 1.54) is 44.9 Å². The van der Waals surface area contributed by atoms with E-state index in [9.17, 15) is 0 Å². The maximum Gasteiger partial charge on any atom is 0.165 e. The molecule has 1 heterocycles. The van der Waals surface area contributed by atoms with Crippen molar-refractivity contribution in [3.63, 3.8) is 0 Å². The highest BCUT2D eigenvalue weighted by Crippen LogP contribution is 2.25. The SMILES string of the molecule is NCc1nnnn1C1CCCCCCC1. The molecule has 0 amide bonds. The lowest BCUT2D eigenvalue weighted by molar-refractivity contribution is 0.334. The molecule has 1 saturated carbocycles. The van der Waals surface area contributed by atoms with Gasteiger partial charge in [-0.25, -0.2) is 4.68 Å². The van der Waals surface area contributed by atoms with E-state index >= 15 is 0 Å². The average molecular weight is 209 g/mol. The van der Waals surface area contributed by atoms with Crippen LogP contribution in [0.15, 0.2) is 0 Å². The number of rotatable bonds is 2. The zero-order valence-electron chi connectivity index (χ0n) is 9.10. The van der Waals surface area contributed by atoms with Crippen LogP contribution in [0.4, 0.5) is 0 Å². The number of hydrogen-bond acceptors (Lipinski definition) is 4. The first-order valence-electron chi connectivity index (χ1n) is 5.88. The van der Waals surface area contributed by atoms with Gasteiger partial charge in [0, 0.05) is 0 Å². The molecule has 2 N–H and O–H groups in total. The van der Waals surface area contributed by atoms with Gasteiger partial charge >= 0.3 is 0 Å². The highest BCUT2D eigenvalue weighted by Gasteiger charge is 2.17. The van der Waals surface area contributed by atoms with E-state index in [-0.39, 0.29) is 0 Å². The van der Waals surface area contributed by atoms with Gasteiger partial charge in [-0.3, -0.25) is 0 Å². The van der Waals surface area contributed by atoms with Crippen molar-refractivity contribution >= 4 is 0 Å². The molecule has 1 aliphatic carbocycles. The molecule has 1 aromatic heterocycles. The van der Waals surface area contributed by atoms with Crippen LogP contribution in [0.3, 0.4) is 0 Å². The summed E-state index contributed by atoms with van der Waals surface area (Å²) in [6, 6.07) is 0.471. The van der Waals surface area contributed by atoms with Crippen LogP contribution in [0, 0.1) is 0 Å². The molecule has 0 spiro atoms. The molecule has 5 nitrogen and oxygen atoms in total. The summed E-state index contributed by atoms with van der Waals surface area (Å²) in [6.07, 6.45) is 9.03. The highest BCUT2D eigenvalue weighted by atomic mass is 15.5. The smallest absolute Gasteiger partial charge is 0.165 e. The summed E-state index contributed by atoms with van der Waals surface area (Å²) in [5.41, 5.74) is 5.61. The molecule has 5 heteroatoms. The summed E-state index contributed by atoms with van der Waals surface area (Å²) >= 11 is 0. The zero-order chi connectivity index (χ0) is 10.5. The minimum absolute atomic E-state index is 0.434. The number of nitrogens with zero attached hydrogens (tertiary/aromatic N) is 4. The van der Waals surface area contributed by atoms with Gasteiger partial charge in [0.25, 0.3) is 0 Å². The Hall–Kier alpha value is -0.970. The lowest BCUT2D eigenvalue weighted by Gasteiger charge is -2.20. The van der Waals surface area contributed by atoms with Crippen molar-refractivity contribution in [3.8, 4) is 0 Å². The predicted octanol–water partition coefficient (Wildman–Crippen LogP) is 1.42. The van der Waals surface area contributed by atoms with Crippen molar-refractivity contribution in [2.45, 2.75) is 57.5 Å². The first-order valence-corrected chi connectivity index (χ1v) is 5.88. The summed E-state index contributed by atoms with van der Waals surface area (Å²) in [7, 11) is 0. The fourth-order valence-electron chi connectivity index (χ4n) is 2.31. The molecule has 0 radical (unpaired) electrons. The Bertz CT molecular complexity index is 288. The lowest BCUT2D eigenvalue weighted by Crippen LogP contribution is -2.17. The number of tetrazole rings is 1. The molecular formula is C10H19N5. The maximum absolute atomic E-state index is 5.61. The molecule has 1 aromatic rings. The van der Waals surface area contributed by atoms with Gasteiger partial charge in [-0.15, -0.1) is 5.10 Å². The molecular weight excluding hydrogens is 190 g/mol. The van der Waals surface area contributed by atoms with Crippen LogP contribution in [-0.4, -0.2) is 20.2 Å². The lowest BCUT2D eigenvalue weighted by atomic mass is 9.97. The van der Waals surface area contributed by atoms with E-state index in [1.54, 1.807) is 0 Å². The fourth-order valence-corrected chi connectivity index (χ4v) is 2.31. The second-order valence-corrected chi connectivity index (χ2v) is 4.24. The largest absolute Gasteiger partial charge is 0.324 e. The summed E-state index contributed by atoms with van der Waals surface area (Å²) in [5, 5.41) is 11.7. The van der Waals surface area contributed by atoms with Gasteiger partial charge in [0.15, 0.2) is 5.82 Å². The first kappa shape index (κ1) is 10.5. The number of hydrogen-bond donors (Lipinski definition) is 1. The third-order valence-electron chi connectivity index (χ3n) is 3.16. The van der Waals surface area contributed by atoms with Gasteiger partial charge in [0.05, 0.1) is 12.6 Å². The Morgan fingerprint density at radius 2 is 1.80 bits per heavy atom. The van der Waals surface area contributed by atoms with Crippen molar-refractivity contribution in [3.05, 3.63) is 5.82 Å². The summed E-state index contributed by atoms with van der Waals surface area (Å²) in [5.74, 6) is 0.820. The third-order valence-corrected chi connectivity index (χ3v) is 3.16. The highest BCUT2D eigenvalue weighted by molar-refractivity contribution is 4.83. The monoisotopic (exact) mass is 209 g/mol. The van der Waals surface area contributed by atoms with Gasteiger partial charge < -0.3 is 5.73 Å². The van der Waals surface area contributed by atoms with Gasteiger partial charge in [0.1, 0.15) is 0 Å². The quantitative estimate of drug-likeness (QED) is 0.799. The van der Waals surface area contributed by atoms with Crippen LogP contribution >= 0.6 is 0 Å². The minimum Gasteiger partial charge on any atom is -0.324 e. The molecule has 0 bridgehead atoms. The van der Waals surface area contributed by atoms with Gasteiger partial charge in [0.2, 0.25) is 0 Å². The van der Waals surface area contributed by atoms with Crippen molar-refractivity contribution < 1.29 is 0 Å². The van der Waals surface area contributed by atoms with Crippen LogP contribution in [0.25, 0.3) is 0 Å². The zero-order valence-corrected chi connectivity index (χ0v) is 9.10. The first-order chi connectivity index (χ1) is 7.42. The predicted molar refractivity (Wildman–Crippen MR) is 57.1 cm³/mol. The van der Waals surface area contributed by atoms with Crippen LogP contribution < -0.4 is 5.73 Å². The Morgan fingerprint density at radius 3 is 2.47 bits per heavy atom. The van der Waals surface area contributed by atoms with E-state index < -0.39 is 0 Å². The molecule has 0 saturated heterocycles. The van der Waals surface area contributed by atoms with Crippen LogP contribution in [0.2, 0.25) is 0 Å². The van der Waals surface area contributed by atoms with E-state index in [4.69, 9.17) is 5.73 Å². The van der Waals surface area contributed by atoms with E-state index in [2.05, 4.69) is 15.5 Å². The summed E-state index contributed by atoms with van der Waals surface area (Å²) in [4.78, 5) is 0. The molecule has 84 valence electrons. The van der Waals surface area contributed by atoms with E-state index in [1.807, 2.05) is 4.68 Å². The molecule has 0 aromatic carbocycles. The van der Waals surface area contributed by atoms with Crippen LogP contribution in [-0.2, 0) is 6.54 Å². The molecule has 0 atom stereocenters. The van der Waals surface area contributed by atoms with E-state index in [0.29, 0.717) is 12.6 Å². The fraction of sp³-hybridized carbons (Fsp3) is 0.900. The van der Waals surface area contributed by atoms with Crippen LogP contribution in [0.5, 0.6) is 0 Å². The molecule has 1 fully saturated rings. The second-order valence-electron chi connectivity index (χ2n) is 4.24. The number of nitrogens with two attached hydrogens (primary N) is 1. The third kappa shape index (κ3) is 2.53. The minimum atomic E-state index is 0.434. The van der Waals surface area contributed by atoms with Crippen molar-refractivity contribution in [1.82, 2.24) is 20.2 Å². The maximum atomic E-state index is 5.61. The summed E-state index contributed by atoms with van der Waals surface area (Å²) in [6.45, 7) is 0.434. The molecule has 15 heavy (non-hydrogen) atoms. The summed E-state index contributed by atoms with van der Waals surface area (Å²) < 4.78 is 1.94. The van der Waals surface area contributed by atoms with Gasteiger partial charge in [-0.2, -0.15) is 0 Å². The molecule has 0 unspecified atom stereocenters. The van der Waals surface area contributed by atoms with Gasteiger partial charge in [-0.1, -0.05) is 32.1 Å². The van der Waals surface area contributed by atoms with Gasteiger partial charge in [-0.05, 0) is 23.3 Å². The Labute approximate surface area is 90.0 Å². The number of aromatic nitrogens is 4. The second kappa shape index (κ2) is 5.21. The Kier molecular flexibility index (Phi) is 3.66. The topological polar surface area (TPSA) is 69.6 Å². The molecule has 0 aliphatic heterocycles. The Morgan fingerprint density at radius 1 is 1.13 bits per heavy atom. The van der Waals surface area contributed by atoms with Crippen LogP contribution in [0.1, 0.15) is 56.8 Å². The normalized spacial score (nSPS) is 19.8. The van der Waals surface area contributed by atoms with Crippen molar-refractivity contribution in [2.75, 3.05) is 0 Å². The Balaban J connectivity index is 2.06. The molecule has 2 rings (SSSR count). The molecule has 1 aliphatic rings. The average Bonchev–Trinajstić information content (AvgIpc) is 2.65. The van der Waals surface area contributed by atoms with Crippen molar-refractivity contribution in [1.29, 1.82) is 0 Å². The van der Waals surface area contributed by atoms with Crippen molar-refractivity contribution in [2.24, 2.45) is 5.73 Å². The standard InChI is InChI=1S/C10H19N5/c11-8-10-12-13-14-15(10)9-6-4-2-1-3-5-7-9/h9H,1-8,11H2. The van der Waals surface area contributed by atoms with E-state index in [0.717, 1.165) is 5.82 Å².